The molecule has 194 valence electrons. The Kier molecular flexibility index (Phi) is 7.91. The van der Waals surface area contributed by atoms with Crippen molar-refractivity contribution in [1.29, 1.82) is 0 Å². The number of benzene rings is 3. The van der Waals surface area contributed by atoms with Gasteiger partial charge >= 0.3 is 0 Å². The molecule has 3 aromatic carbocycles. The van der Waals surface area contributed by atoms with Crippen molar-refractivity contribution in [1.82, 2.24) is 9.91 Å². The number of hydrogen-bond donors (Lipinski definition) is 2. The van der Waals surface area contributed by atoms with E-state index in [1.807, 2.05) is 30.3 Å². The van der Waals surface area contributed by atoms with Gasteiger partial charge in [-0.1, -0.05) is 42.5 Å². The van der Waals surface area contributed by atoms with Crippen molar-refractivity contribution in [3.63, 3.8) is 0 Å². The molecule has 8 nitrogen and oxygen atoms in total. The molecule has 1 atom stereocenters. The van der Waals surface area contributed by atoms with Crippen LogP contribution in [0.2, 0.25) is 0 Å². The largest absolute Gasteiger partial charge is 0.489 e. The highest BCUT2D eigenvalue weighted by Gasteiger charge is 2.52. The van der Waals surface area contributed by atoms with E-state index in [-0.39, 0.29) is 36.9 Å². The summed E-state index contributed by atoms with van der Waals surface area (Å²) in [5.41, 5.74) is 5.10. The Morgan fingerprint density at radius 3 is 2.41 bits per heavy atom. The van der Waals surface area contributed by atoms with E-state index in [1.165, 1.54) is 34.4 Å². The molecular weight excluding hydrogens is 495 g/mol. The topological polar surface area (TPSA) is 121 Å². The first-order chi connectivity index (χ1) is 17.7. The molecule has 1 fully saturated rings. The van der Waals surface area contributed by atoms with E-state index >= 15 is 0 Å². The Morgan fingerprint density at radius 1 is 1.08 bits per heavy atom. The summed E-state index contributed by atoms with van der Waals surface area (Å²) >= 11 is 0. The van der Waals surface area contributed by atoms with Crippen molar-refractivity contribution in [2.45, 2.75) is 22.7 Å². The summed E-state index contributed by atoms with van der Waals surface area (Å²) in [6, 6.07) is 21.4. The highest BCUT2D eigenvalue weighted by atomic mass is 32.2. The van der Waals surface area contributed by atoms with E-state index in [4.69, 9.17) is 10.6 Å². The van der Waals surface area contributed by atoms with Crippen LogP contribution in [0.25, 0.3) is 0 Å². The lowest BCUT2D eigenvalue weighted by Gasteiger charge is -2.30. The maximum Gasteiger partial charge on any atom is 0.243 e. The van der Waals surface area contributed by atoms with Crippen LogP contribution in [0.1, 0.15) is 17.5 Å². The monoisotopic (exact) mass is 525 g/mol. The molecule has 1 aliphatic heterocycles. The molecule has 3 aromatic rings. The van der Waals surface area contributed by atoms with Gasteiger partial charge in [-0.05, 0) is 53.9 Å². The highest BCUT2D eigenvalue weighted by molar-refractivity contribution is 7.92. The van der Waals surface area contributed by atoms with Gasteiger partial charge in [0.2, 0.25) is 5.91 Å². The standard InChI is InChI=1S/C27H29FN4O4S/c28-23-8-12-25(13-9-23)37(34,35)27(14-16-31(20-27)26(33)18-32(30)17-15-29)22-6-10-24(11-7-22)36-19-21-4-2-1-3-5-21/h1-13,15,17H,14,16,18-20,29-30H2/p+1/b17-15-. The zero-order valence-electron chi connectivity index (χ0n) is 20.3. The number of carbonyl (C=O) groups excluding carboxylic acids is 1. The van der Waals surface area contributed by atoms with Crippen molar-refractivity contribution in [3.05, 3.63) is 108 Å². The first-order valence-corrected chi connectivity index (χ1v) is 13.3. The van der Waals surface area contributed by atoms with Gasteiger partial charge in [0, 0.05) is 13.1 Å². The van der Waals surface area contributed by atoms with E-state index in [0.717, 1.165) is 17.7 Å². The quantitative estimate of drug-likeness (QED) is 0.251. The summed E-state index contributed by atoms with van der Waals surface area (Å²) in [4.78, 5) is 14.4. The molecule has 0 spiro atoms. The van der Waals surface area contributed by atoms with Crippen LogP contribution in [0, 0.1) is 5.82 Å². The molecule has 10 heteroatoms. The number of ether oxygens (including phenoxy) is 1. The first kappa shape index (κ1) is 26.3. The van der Waals surface area contributed by atoms with Gasteiger partial charge in [0.25, 0.3) is 0 Å². The smallest absolute Gasteiger partial charge is 0.243 e. The Morgan fingerprint density at radius 2 is 1.76 bits per heavy atom. The lowest BCUT2D eigenvalue weighted by molar-refractivity contribution is -0.276. The van der Waals surface area contributed by atoms with E-state index in [1.54, 1.807) is 24.3 Å². The molecule has 1 aliphatic rings. The van der Waals surface area contributed by atoms with Crippen LogP contribution in [0.5, 0.6) is 5.75 Å². The molecule has 0 bridgehead atoms. The molecule has 4 rings (SSSR count). The van der Waals surface area contributed by atoms with Crippen molar-refractivity contribution >= 4 is 15.7 Å². The third-order valence-corrected chi connectivity index (χ3v) is 8.96. The molecule has 1 amide bonds. The molecule has 37 heavy (non-hydrogen) atoms. The maximum atomic E-state index is 14.0. The Balaban J connectivity index is 1.64. The van der Waals surface area contributed by atoms with Crippen LogP contribution in [0.4, 0.5) is 4.39 Å². The SMILES string of the molecule is NN(/C=C\[NH3+])CC(=O)N1CCC(c2ccc(OCc3ccccc3)cc2)(S(=O)(=O)c2ccc(F)cc2)C1. The van der Waals surface area contributed by atoms with Crippen LogP contribution >= 0.6 is 0 Å². The molecule has 1 heterocycles. The van der Waals surface area contributed by atoms with Crippen LogP contribution in [-0.4, -0.2) is 43.9 Å². The number of hydrazine groups is 1. The molecule has 0 aromatic heterocycles. The number of nitrogens with zero attached hydrogens (tertiary/aromatic N) is 2. The fraction of sp³-hybridized carbons (Fsp3) is 0.222. The normalized spacial score (nSPS) is 17.8. The molecule has 5 N–H and O–H groups in total. The number of hydrogen-bond acceptors (Lipinski definition) is 6. The second kappa shape index (κ2) is 11.1. The summed E-state index contributed by atoms with van der Waals surface area (Å²) in [7, 11) is -4.01. The Hall–Kier alpha value is -3.73. The van der Waals surface area contributed by atoms with Crippen LogP contribution in [0.15, 0.2) is 96.2 Å². The summed E-state index contributed by atoms with van der Waals surface area (Å²) in [5, 5.41) is 1.20. The summed E-state index contributed by atoms with van der Waals surface area (Å²) in [6.07, 6.45) is 3.10. The van der Waals surface area contributed by atoms with Crippen molar-refractivity contribution in [3.8, 4) is 5.75 Å². The minimum atomic E-state index is -4.01. The number of nitrogens with two attached hydrogens (primary N) is 1. The van der Waals surface area contributed by atoms with E-state index in [0.29, 0.717) is 17.9 Å². The average Bonchev–Trinajstić information content (AvgIpc) is 3.36. The van der Waals surface area contributed by atoms with Crippen molar-refractivity contribution in [2.75, 3.05) is 19.6 Å². The number of amides is 1. The lowest BCUT2D eigenvalue weighted by atomic mass is 9.97. The van der Waals surface area contributed by atoms with E-state index < -0.39 is 20.4 Å². The van der Waals surface area contributed by atoms with E-state index in [9.17, 15) is 17.6 Å². The second-order valence-electron chi connectivity index (χ2n) is 8.87. The van der Waals surface area contributed by atoms with Gasteiger partial charge in [0.1, 0.15) is 35.7 Å². The zero-order chi connectivity index (χ0) is 26.5. The molecular formula is C27H30FN4O4S+. The predicted molar refractivity (Wildman–Crippen MR) is 137 cm³/mol. The van der Waals surface area contributed by atoms with Gasteiger partial charge in [0.05, 0.1) is 11.1 Å². The fourth-order valence-corrected chi connectivity index (χ4v) is 6.56. The van der Waals surface area contributed by atoms with Gasteiger partial charge in [-0.15, -0.1) is 0 Å². The van der Waals surface area contributed by atoms with Crippen LogP contribution in [0.3, 0.4) is 0 Å². The molecule has 0 aliphatic carbocycles. The summed E-state index contributed by atoms with van der Waals surface area (Å²) in [6.45, 7) is 0.425. The molecule has 1 unspecified atom stereocenters. The van der Waals surface area contributed by atoms with Gasteiger partial charge < -0.3 is 20.4 Å². The zero-order valence-corrected chi connectivity index (χ0v) is 21.1. The second-order valence-corrected chi connectivity index (χ2v) is 11.1. The summed E-state index contributed by atoms with van der Waals surface area (Å²) in [5.74, 6) is 5.55. The number of halogens is 1. The first-order valence-electron chi connectivity index (χ1n) is 11.8. The molecule has 0 radical (unpaired) electrons. The highest BCUT2D eigenvalue weighted by Crippen LogP contribution is 2.43. The molecule has 1 saturated heterocycles. The van der Waals surface area contributed by atoms with Gasteiger partial charge in [-0.3, -0.25) is 4.79 Å². The van der Waals surface area contributed by atoms with Gasteiger partial charge in [-0.2, -0.15) is 0 Å². The van der Waals surface area contributed by atoms with Crippen molar-refractivity contribution in [2.24, 2.45) is 5.84 Å². The third kappa shape index (κ3) is 5.66. The van der Waals surface area contributed by atoms with Gasteiger partial charge in [-0.25, -0.2) is 18.7 Å². The number of quaternary nitrogens is 1. The Bertz CT molecular complexity index is 1350. The van der Waals surface area contributed by atoms with Crippen molar-refractivity contribution < 1.29 is 28.1 Å². The van der Waals surface area contributed by atoms with Gasteiger partial charge in [0.15, 0.2) is 9.84 Å². The minimum absolute atomic E-state index is 0.00644. The lowest BCUT2D eigenvalue weighted by Crippen LogP contribution is -2.45. The third-order valence-electron chi connectivity index (χ3n) is 6.47. The Labute approximate surface area is 215 Å². The van der Waals surface area contributed by atoms with Crippen LogP contribution in [-0.2, 0) is 26.0 Å². The number of sulfone groups is 1. The average molecular weight is 526 g/mol. The summed E-state index contributed by atoms with van der Waals surface area (Å²) < 4.78 is 46.0. The number of rotatable bonds is 9. The minimum Gasteiger partial charge on any atom is -0.489 e. The maximum absolute atomic E-state index is 14.0. The van der Waals surface area contributed by atoms with Crippen LogP contribution < -0.4 is 16.3 Å². The molecule has 0 saturated carbocycles. The number of carbonyl (C=O) groups is 1. The number of likely N-dealkylation sites (tertiary alicyclic amines) is 1. The van der Waals surface area contributed by atoms with E-state index in [2.05, 4.69) is 5.73 Å². The predicted octanol–water partition coefficient (Wildman–Crippen LogP) is 2.20. The fourth-order valence-electron chi connectivity index (χ4n) is 4.48.